The molecule has 0 aromatic heterocycles. The van der Waals surface area contributed by atoms with Crippen molar-refractivity contribution in [2.75, 3.05) is 26.9 Å². The third-order valence-corrected chi connectivity index (χ3v) is 3.39. The van der Waals surface area contributed by atoms with Gasteiger partial charge in [-0.15, -0.1) is 0 Å². The third-order valence-electron chi connectivity index (χ3n) is 3.39. The van der Waals surface area contributed by atoms with E-state index in [9.17, 15) is 0 Å². The van der Waals surface area contributed by atoms with Crippen LogP contribution in [0.5, 0.6) is 11.5 Å². The van der Waals surface area contributed by atoms with Crippen LogP contribution < -0.4 is 14.8 Å². The van der Waals surface area contributed by atoms with E-state index in [1.165, 1.54) is 5.56 Å². The Morgan fingerprint density at radius 2 is 1.95 bits per heavy atom. The highest BCUT2D eigenvalue weighted by molar-refractivity contribution is 5.44. The molecule has 0 saturated carbocycles. The van der Waals surface area contributed by atoms with Gasteiger partial charge in [-0.05, 0) is 31.5 Å². The molecule has 0 aliphatic carbocycles. The molecule has 0 fully saturated rings. The first-order valence-corrected chi connectivity index (χ1v) is 6.86. The molecule has 2 atom stereocenters. The summed E-state index contributed by atoms with van der Waals surface area (Å²) in [6.45, 7) is 6.46. The Morgan fingerprint density at radius 3 is 2.68 bits per heavy atom. The number of methoxy groups -OCH3 is 1. The SMILES string of the molecule is COC(C)CNC(C)c1ccc2c(c1)OCCCO2. The van der Waals surface area contributed by atoms with Crippen molar-refractivity contribution in [3.05, 3.63) is 23.8 Å². The van der Waals surface area contributed by atoms with Crippen LogP contribution in [0.1, 0.15) is 31.9 Å². The number of nitrogens with one attached hydrogen (secondary N) is 1. The van der Waals surface area contributed by atoms with Crippen molar-refractivity contribution in [1.29, 1.82) is 0 Å². The van der Waals surface area contributed by atoms with Gasteiger partial charge >= 0.3 is 0 Å². The fourth-order valence-corrected chi connectivity index (χ4v) is 1.99. The summed E-state index contributed by atoms with van der Waals surface area (Å²) in [5, 5.41) is 3.45. The van der Waals surface area contributed by atoms with Crippen LogP contribution in [-0.4, -0.2) is 33.0 Å². The van der Waals surface area contributed by atoms with Crippen molar-refractivity contribution in [3.63, 3.8) is 0 Å². The molecule has 106 valence electrons. The maximum atomic E-state index is 5.71. The summed E-state index contributed by atoms with van der Waals surface area (Å²) in [5.74, 6) is 1.70. The first kappa shape index (κ1) is 14.2. The van der Waals surface area contributed by atoms with E-state index in [1.807, 2.05) is 13.0 Å². The Labute approximate surface area is 115 Å². The fraction of sp³-hybridized carbons (Fsp3) is 0.600. The molecule has 0 saturated heterocycles. The van der Waals surface area contributed by atoms with Gasteiger partial charge in [-0.3, -0.25) is 0 Å². The zero-order chi connectivity index (χ0) is 13.7. The Hall–Kier alpha value is -1.26. The van der Waals surface area contributed by atoms with Gasteiger partial charge < -0.3 is 19.5 Å². The molecule has 4 nitrogen and oxygen atoms in total. The monoisotopic (exact) mass is 265 g/mol. The number of ether oxygens (including phenoxy) is 3. The predicted molar refractivity (Wildman–Crippen MR) is 74.9 cm³/mol. The molecule has 1 N–H and O–H groups in total. The average molecular weight is 265 g/mol. The smallest absolute Gasteiger partial charge is 0.161 e. The Kier molecular flexibility index (Phi) is 5.05. The van der Waals surface area contributed by atoms with Crippen LogP contribution >= 0.6 is 0 Å². The van der Waals surface area contributed by atoms with E-state index in [1.54, 1.807) is 7.11 Å². The van der Waals surface area contributed by atoms with E-state index in [-0.39, 0.29) is 12.1 Å². The van der Waals surface area contributed by atoms with Crippen molar-refractivity contribution in [3.8, 4) is 11.5 Å². The van der Waals surface area contributed by atoms with Gasteiger partial charge in [0.25, 0.3) is 0 Å². The highest BCUT2D eigenvalue weighted by Crippen LogP contribution is 2.32. The second kappa shape index (κ2) is 6.78. The molecule has 0 radical (unpaired) electrons. The highest BCUT2D eigenvalue weighted by atomic mass is 16.5. The number of hydrogen-bond acceptors (Lipinski definition) is 4. The molecule has 1 aliphatic heterocycles. The topological polar surface area (TPSA) is 39.7 Å². The number of rotatable bonds is 5. The van der Waals surface area contributed by atoms with E-state index in [0.29, 0.717) is 0 Å². The molecule has 2 unspecified atom stereocenters. The number of fused-ring (bicyclic) bond motifs is 1. The van der Waals surface area contributed by atoms with Crippen LogP contribution in [-0.2, 0) is 4.74 Å². The molecule has 1 aromatic carbocycles. The summed E-state index contributed by atoms with van der Waals surface area (Å²) in [6.07, 6.45) is 1.14. The molecule has 1 heterocycles. The van der Waals surface area contributed by atoms with Crippen LogP contribution in [0.3, 0.4) is 0 Å². The van der Waals surface area contributed by atoms with Crippen LogP contribution in [0.4, 0.5) is 0 Å². The summed E-state index contributed by atoms with van der Waals surface area (Å²) in [4.78, 5) is 0. The minimum atomic E-state index is 0.211. The van der Waals surface area contributed by atoms with Gasteiger partial charge in [0.1, 0.15) is 0 Å². The maximum Gasteiger partial charge on any atom is 0.161 e. The van der Waals surface area contributed by atoms with Crippen LogP contribution in [0, 0.1) is 0 Å². The summed E-state index contributed by atoms with van der Waals surface area (Å²) in [5.41, 5.74) is 1.20. The lowest BCUT2D eigenvalue weighted by Gasteiger charge is -2.18. The molecule has 0 amide bonds. The molecule has 4 heteroatoms. The first-order valence-electron chi connectivity index (χ1n) is 6.86. The predicted octanol–water partition coefficient (Wildman–Crippen LogP) is 2.53. The molecular formula is C15H23NO3. The van der Waals surface area contributed by atoms with Gasteiger partial charge in [-0.2, -0.15) is 0 Å². The number of benzene rings is 1. The summed E-state index contributed by atoms with van der Waals surface area (Å²) >= 11 is 0. The lowest BCUT2D eigenvalue weighted by atomic mass is 10.1. The number of hydrogen-bond donors (Lipinski definition) is 1. The molecule has 1 aliphatic rings. The second-order valence-corrected chi connectivity index (χ2v) is 4.93. The molecule has 0 bridgehead atoms. The zero-order valence-electron chi connectivity index (χ0n) is 11.9. The largest absolute Gasteiger partial charge is 0.490 e. The van der Waals surface area contributed by atoms with E-state index in [4.69, 9.17) is 14.2 Å². The second-order valence-electron chi connectivity index (χ2n) is 4.93. The molecular weight excluding hydrogens is 242 g/mol. The fourth-order valence-electron chi connectivity index (χ4n) is 1.99. The minimum absolute atomic E-state index is 0.211. The van der Waals surface area contributed by atoms with Crippen LogP contribution in [0.15, 0.2) is 18.2 Å². The van der Waals surface area contributed by atoms with E-state index in [0.717, 1.165) is 37.7 Å². The van der Waals surface area contributed by atoms with Gasteiger partial charge in [0.05, 0.1) is 19.3 Å². The minimum Gasteiger partial charge on any atom is -0.490 e. The van der Waals surface area contributed by atoms with Crippen molar-refractivity contribution in [2.45, 2.75) is 32.4 Å². The van der Waals surface area contributed by atoms with E-state index >= 15 is 0 Å². The molecule has 0 spiro atoms. The highest BCUT2D eigenvalue weighted by Gasteiger charge is 2.13. The van der Waals surface area contributed by atoms with Crippen LogP contribution in [0.25, 0.3) is 0 Å². The molecule has 1 aromatic rings. The first-order chi connectivity index (χ1) is 9.20. The quantitative estimate of drug-likeness (QED) is 0.888. The van der Waals surface area contributed by atoms with Gasteiger partial charge in [0, 0.05) is 26.1 Å². The maximum absolute atomic E-state index is 5.71. The summed E-state index contributed by atoms with van der Waals surface area (Å²) in [7, 11) is 1.73. The summed E-state index contributed by atoms with van der Waals surface area (Å²) in [6, 6.07) is 6.40. The Bertz CT molecular complexity index is 408. The van der Waals surface area contributed by atoms with Crippen molar-refractivity contribution < 1.29 is 14.2 Å². The standard InChI is InChI=1S/C15H23NO3/c1-11(17-3)10-16-12(2)13-5-6-14-15(9-13)19-8-4-7-18-14/h5-6,9,11-12,16H,4,7-8,10H2,1-3H3. The van der Waals surface area contributed by atoms with Crippen molar-refractivity contribution in [2.24, 2.45) is 0 Å². The average Bonchev–Trinajstić information content (AvgIpc) is 2.68. The van der Waals surface area contributed by atoms with Gasteiger partial charge in [0.15, 0.2) is 11.5 Å². The molecule has 2 rings (SSSR count). The summed E-state index contributed by atoms with van der Waals surface area (Å²) < 4.78 is 16.6. The van der Waals surface area contributed by atoms with Crippen molar-refractivity contribution in [1.82, 2.24) is 5.32 Å². The van der Waals surface area contributed by atoms with Gasteiger partial charge in [-0.1, -0.05) is 6.07 Å². The van der Waals surface area contributed by atoms with E-state index in [2.05, 4.69) is 24.4 Å². The molecule has 19 heavy (non-hydrogen) atoms. The lowest BCUT2D eigenvalue weighted by molar-refractivity contribution is 0.115. The van der Waals surface area contributed by atoms with E-state index < -0.39 is 0 Å². The third kappa shape index (κ3) is 3.85. The Balaban J connectivity index is 2.02. The lowest BCUT2D eigenvalue weighted by Crippen LogP contribution is -2.28. The van der Waals surface area contributed by atoms with Crippen molar-refractivity contribution >= 4 is 0 Å². The van der Waals surface area contributed by atoms with Crippen LogP contribution in [0.2, 0.25) is 0 Å². The normalized spacial score (nSPS) is 17.6. The zero-order valence-corrected chi connectivity index (χ0v) is 11.9. The Morgan fingerprint density at radius 1 is 1.21 bits per heavy atom. The van der Waals surface area contributed by atoms with Gasteiger partial charge in [-0.25, -0.2) is 0 Å². The van der Waals surface area contributed by atoms with Gasteiger partial charge in [0.2, 0.25) is 0 Å².